The Morgan fingerprint density at radius 2 is 2.20 bits per heavy atom. The summed E-state index contributed by atoms with van der Waals surface area (Å²) in [4.78, 5) is 10.5. The molecule has 0 aliphatic carbocycles. The normalized spacial score (nSPS) is 12.5. The van der Waals surface area contributed by atoms with Crippen molar-refractivity contribution in [2.45, 2.75) is 32.7 Å². The summed E-state index contributed by atoms with van der Waals surface area (Å²) in [6.07, 6.45) is 1.43. The summed E-state index contributed by atoms with van der Waals surface area (Å²) < 4.78 is 0. The van der Waals surface area contributed by atoms with Gasteiger partial charge < -0.3 is 5.73 Å². The van der Waals surface area contributed by atoms with E-state index in [1.165, 1.54) is 0 Å². The first-order chi connectivity index (χ1) is 7.02. The van der Waals surface area contributed by atoms with Crippen LogP contribution < -0.4 is 5.73 Å². The molecular formula is C11H16N2O2. The van der Waals surface area contributed by atoms with Crippen LogP contribution in [0.5, 0.6) is 0 Å². The third-order valence-electron chi connectivity index (χ3n) is 2.37. The average Bonchev–Trinajstić information content (AvgIpc) is 2.13. The molecule has 4 nitrogen and oxygen atoms in total. The van der Waals surface area contributed by atoms with Crippen LogP contribution in [-0.4, -0.2) is 11.0 Å². The van der Waals surface area contributed by atoms with Gasteiger partial charge in [-0.05, 0) is 26.7 Å². The second-order valence-electron chi connectivity index (χ2n) is 3.86. The molecular weight excluding hydrogens is 192 g/mol. The van der Waals surface area contributed by atoms with Gasteiger partial charge in [0.25, 0.3) is 5.69 Å². The van der Waals surface area contributed by atoms with Gasteiger partial charge in [-0.1, -0.05) is 18.2 Å². The van der Waals surface area contributed by atoms with Gasteiger partial charge in [0.15, 0.2) is 0 Å². The molecule has 0 bridgehead atoms. The maximum absolute atomic E-state index is 10.9. The molecule has 0 heterocycles. The van der Waals surface area contributed by atoms with Crippen LogP contribution in [0.1, 0.15) is 24.5 Å². The van der Waals surface area contributed by atoms with E-state index >= 15 is 0 Å². The Balaban J connectivity index is 2.96. The Kier molecular flexibility index (Phi) is 3.80. The smallest absolute Gasteiger partial charge is 0.275 e. The van der Waals surface area contributed by atoms with Crippen LogP contribution >= 0.6 is 0 Å². The quantitative estimate of drug-likeness (QED) is 0.609. The van der Waals surface area contributed by atoms with E-state index in [-0.39, 0.29) is 16.7 Å². The van der Waals surface area contributed by atoms with Crippen molar-refractivity contribution in [2.75, 3.05) is 0 Å². The van der Waals surface area contributed by atoms with Crippen molar-refractivity contribution < 1.29 is 4.92 Å². The number of nitro groups is 1. The largest absolute Gasteiger partial charge is 0.328 e. The molecule has 0 spiro atoms. The van der Waals surface area contributed by atoms with Gasteiger partial charge in [0.2, 0.25) is 0 Å². The predicted molar refractivity (Wildman–Crippen MR) is 59.8 cm³/mol. The summed E-state index contributed by atoms with van der Waals surface area (Å²) in [7, 11) is 0. The van der Waals surface area contributed by atoms with E-state index in [1.54, 1.807) is 19.1 Å². The zero-order chi connectivity index (χ0) is 11.4. The molecule has 0 radical (unpaired) electrons. The van der Waals surface area contributed by atoms with Crippen molar-refractivity contribution in [3.63, 3.8) is 0 Å². The van der Waals surface area contributed by atoms with Crippen molar-refractivity contribution >= 4 is 5.69 Å². The monoisotopic (exact) mass is 208 g/mol. The summed E-state index contributed by atoms with van der Waals surface area (Å²) in [5, 5.41) is 10.9. The van der Waals surface area contributed by atoms with Crippen LogP contribution in [-0.2, 0) is 6.42 Å². The minimum absolute atomic E-state index is 0.0742. The number of hydrogen-bond donors (Lipinski definition) is 1. The number of rotatable bonds is 4. The molecule has 1 rings (SSSR count). The number of nitrogens with two attached hydrogens (primary N) is 1. The molecule has 0 saturated heterocycles. The first kappa shape index (κ1) is 11.7. The van der Waals surface area contributed by atoms with Crippen LogP contribution in [0, 0.1) is 17.0 Å². The van der Waals surface area contributed by atoms with Crippen molar-refractivity contribution in [3.05, 3.63) is 39.4 Å². The Hall–Kier alpha value is -1.42. The van der Waals surface area contributed by atoms with Gasteiger partial charge in [-0.2, -0.15) is 0 Å². The Labute approximate surface area is 89.2 Å². The second kappa shape index (κ2) is 4.89. The minimum atomic E-state index is -0.314. The van der Waals surface area contributed by atoms with Gasteiger partial charge in [-0.25, -0.2) is 0 Å². The molecule has 0 aliphatic rings. The number of benzene rings is 1. The molecule has 0 aromatic heterocycles. The van der Waals surface area contributed by atoms with E-state index in [2.05, 4.69) is 0 Å². The average molecular weight is 208 g/mol. The van der Waals surface area contributed by atoms with E-state index in [9.17, 15) is 10.1 Å². The third kappa shape index (κ3) is 3.02. The molecule has 1 aromatic carbocycles. The number of para-hydroxylation sites is 1. The molecule has 2 N–H and O–H groups in total. The van der Waals surface area contributed by atoms with Crippen LogP contribution in [0.3, 0.4) is 0 Å². The van der Waals surface area contributed by atoms with Gasteiger partial charge in [-0.3, -0.25) is 10.1 Å². The fourth-order valence-corrected chi connectivity index (χ4v) is 1.57. The molecule has 1 aromatic rings. The third-order valence-corrected chi connectivity index (χ3v) is 2.37. The minimum Gasteiger partial charge on any atom is -0.328 e. The molecule has 4 heteroatoms. The lowest BCUT2D eigenvalue weighted by Crippen LogP contribution is -2.15. The lowest BCUT2D eigenvalue weighted by Gasteiger charge is -2.07. The van der Waals surface area contributed by atoms with Crippen molar-refractivity contribution in [3.8, 4) is 0 Å². The summed E-state index contributed by atoms with van der Waals surface area (Å²) in [6.45, 7) is 3.66. The van der Waals surface area contributed by atoms with Gasteiger partial charge in [0, 0.05) is 17.2 Å². The van der Waals surface area contributed by atoms with Crippen molar-refractivity contribution in [1.82, 2.24) is 0 Å². The second-order valence-corrected chi connectivity index (χ2v) is 3.86. The standard InChI is InChI=1S/C11H16N2O2/c1-8-4-3-5-10(7-6-9(2)12)11(8)13(14)15/h3-5,9H,6-7,12H2,1-2H3. The predicted octanol–water partition coefficient (Wildman–Crippen LogP) is 2.18. The first-order valence-electron chi connectivity index (χ1n) is 5.01. The summed E-state index contributed by atoms with van der Waals surface area (Å²) in [6, 6.07) is 5.48. The van der Waals surface area contributed by atoms with E-state index in [1.807, 2.05) is 13.0 Å². The molecule has 1 atom stereocenters. The summed E-state index contributed by atoms with van der Waals surface area (Å²) >= 11 is 0. The van der Waals surface area contributed by atoms with E-state index < -0.39 is 0 Å². The fraction of sp³-hybridized carbons (Fsp3) is 0.455. The molecule has 82 valence electrons. The number of aryl methyl sites for hydroxylation is 2. The maximum Gasteiger partial charge on any atom is 0.275 e. The van der Waals surface area contributed by atoms with Gasteiger partial charge in [0.05, 0.1) is 4.92 Å². The van der Waals surface area contributed by atoms with Gasteiger partial charge >= 0.3 is 0 Å². The molecule has 0 amide bonds. The summed E-state index contributed by atoms with van der Waals surface area (Å²) in [5.74, 6) is 0. The number of hydrogen-bond acceptors (Lipinski definition) is 3. The fourth-order valence-electron chi connectivity index (χ4n) is 1.57. The Morgan fingerprint density at radius 1 is 1.53 bits per heavy atom. The molecule has 0 aliphatic heterocycles. The zero-order valence-electron chi connectivity index (χ0n) is 9.06. The van der Waals surface area contributed by atoms with Crippen LogP contribution in [0.4, 0.5) is 5.69 Å². The van der Waals surface area contributed by atoms with Gasteiger partial charge in [-0.15, -0.1) is 0 Å². The highest BCUT2D eigenvalue weighted by Crippen LogP contribution is 2.24. The van der Waals surface area contributed by atoms with Crippen molar-refractivity contribution in [1.29, 1.82) is 0 Å². The SMILES string of the molecule is Cc1cccc(CCC(C)N)c1[N+](=O)[O-]. The highest BCUT2D eigenvalue weighted by atomic mass is 16.6. The molecule has 0 saturated carbocycles. The zero-order valence-corrected chi connectivity index (χ0v) is 9.06. The number of nitrogens with zero attached hydrogens (tertiary/aromatic N) is 1. The van der Waals surface area contributed by atoms with Crippen LogP contribution in [0.25, 0.3) is 0 Å². The topological polar surface area (TPSA) is 69.2 Å². The van der Waals surface area contributed by atoms with E-state index in [4.69, 9.17) is 5.73 Å². The highest BCUT2D eigenvalue weighted by molar-refractivity contribution is 5.47. The van der Waals surface area contributed by atoms with Gasteiger partial charge in [0.1, 0.15) is 0 Å². The van der Waals surface area contributed by atoms with Crippen molar-refractivity contribution in [2.24, 2.45) is 5.73 Å². The lowest BCUT2D eigenvalue weighted by molar-refractivity contribution is -0.386. The van der Waals surface area contributed by atoms with Crippen LogP contribution in [0.2, 0.25) is 0 Å². The molecule has 0 fully saturated rings. The van der Waals surface area contributed by atoms with E-state index in [0.29, 0.717) is 12.0 Å². The Morgan fingerprint density at radius 3 is 2.73 bits per heavy atom. The highest BCUT2D eigenvalue weighted by Gasteiger charge is 2.16. The number of nitro benzene ring substituents is 1. The van der Waals surface area contributed by atoms with E-state index in [0.717, 1.165) is 12.0 Å². The summed E-state index contributed by atoms with van der Waals surface area (Å²) in [5.41, 5.74) is 7.35. The molecule has 1 unspecified atom stereocenters. The molecule has 15 heavy (non-hydrogen) atoms. The lowest BCUT2D eigenvalue weighted by atomic mass is 10.0. The maximum atomic E-state index is 10.9. The first-order valence-corrected chi connectivity index (χ1v) is 5.01. The van der Waals surface area contributed by atoms with Crippen LogP contribution in [0.15, 0.2) is 18.2 Å². The Bertz CT molecular complexity index is 362.